The minimum Gasteiger partial charge on any atom is -0.493 e. The highest BCUT2D eigenvalue weighted by atomic mass is 16.6. The van der Waals surface area contributed by atoms with Gasteiger partial charge in [0.25, 0.3) is 5.91 Å². The van der Waals surface area contributed by atoms with E-state index >= 15 is 0 Å². The number of ether oxygens (including phenoxy) is 3. The van der Waals surface area contributed by atoms with Crippen LogP contribution >= 0.6 is 0 Å². The number of cyclic esters (lactones) is 1. The molecule has 2 N–H and O–H groups in total. The summed E-state index contributed by atoms with van der Waals surface area (Å²) in [6, 6.07) is 12.9. The molecule has 29 heavy (non-hydrogen) atoms. The van der Waals surface area contributed by atoms with Crippen LogP contribution in [-0.4, -0.2) is 50.3 Å². The maximum absolute atomic E-state index is 12.7. The third kappa shape index (κ3) is 4.57. The molecule has 1 aliphatic heterocycles. The molecule has 1 aliphatic rings. The Morgan fingerprint density at radius 1 is 1.10 bits per heavy atom. The molecule has 0 saturated carbocycles. The van der Waals surface area contributed by atoms with Gasteiger partial charge in [-0.1, -0.05) is 36.4 Å². The number of nitrogens with zero attached hydrogens (tertiary/aromatic N) is 1. The van der Waals surface area contributed by atoms with Gasteiger partial charge >= 0.3 is 12.1 Å². The third-order valence-electron chi connectivity index (χ3n) is 4.36. The van der Waals surface area contributed by atoms with E-state index in [2.05, 4.69) is 10.6 Å². The first-order chi connectivity index (χ1) is 14.0. The molecule has 1 fully saturated rings. The summed E-state index contributed by atoms with van der Waals surface area (Å²) in [7, 11) is 2.97. The van der Waals surface area contributed by atoms with E-state index in [0.29, 0.717) is 17.2 Å². The molecule has 9 nitrogen and oxygen atoms in total. The Bertz CT molecular complexity index is 886. The molecule has 2 aromatic rings. The molecule has 0 bridgehead atoms. The van der Waals surface area contributed by atoms with E-state index in [0.717, 1.165) is 10.5 Å². The van der Waals surface area contributed by atoms with Crippen molar-refractivity contribution < 1.29 is 28.6 Å². The van der Waals surface area contributed by atoms with Gasteiger partial charge < -0.3 is 24.8 Å². The van der Waals surface area contributed by atoms with Gasteiger partial charge in [0.2, 0.25) is 0 Å². The van der Waals surface area contributed by atoms with Crippen LogP contribution < -0.4 is 20.1 Å². The molecular formula is C20H21N3O6. The molecule has 1 saturated heterocycles. The average Bonchev–Trinajstić information content (AvgIpc) is 3.05. The standard InChI is InChI=1S/C20H21N3O6/c1-27-16-10-6-9-14(18(16)28-2)21-19(25)22-15(13-7-4-3-5-8-13)11-23-17(24)12-29-20(23)26/h3-10,15H,11-12H2,1-2H3,(H2,21,22,25)/t15-/m1/s1. The summed E-state index contributed by atoms with van der Waals surface area (Å²) in [4.78, 5) is 37.3. The highest BCUT2D eigenvalue weighted by Crippen LogP contribution is 2.34. The Kier molecular flexibility index (Phi) is 6.18. The van der Waals surface area contributed by atoms with Gasteiger partial charge in [-0.3, -0.25) is 4.79 Å². The van der Waals surface area contributed by atoms with Crippen LogP contribution in [0.3, 0.4) is 0 Å². The van der Waals surface area contributed by atoms with Gasteiger partial charge in [-0.05, 0) is 17.7 Å². The molecule has 0 aromatic heterocycles. The molecule has 9 heteroatoms. The molecular weight excluding hydrogens is 378 g/mol. The highest BCUT2D eigenvalue weighted by Gasteiger charge is 2.33. The zero-order chi connectivity index (χ0) is 20.8. The molecule has 1 heterocycles. The van der Waals surface area contributed by atoms with Crippen LogP contribution in [0, 0.1) is 0 Å². The number of hydrogen-bond donors (Lipinski definition) is 2. The summed E-state index contributed by atoms with van der Waals surface area (Å²) in [5.41, 5.74) is 1.14. The highest BCUT2D eigenvalue weighted by molar-refractivity contribution is 5.98. The van der Waals surface area contributed by atoms with Gasteiger partial charge in [0.1, 0.15) is 0 Å². The van der Waals surface area contributed by atoms with Crippen molar-refractivity contribution >= 4 is 23.7 Å². The molecule has 0 aliphatic carbocycles. The van der Waals surface area contributed by atoms with Gasteiger partial charge in [-0.2, -0.15) is 0 Å². The van der Waals surface area contributed by atoms with Crippen LogP contribution in [0.15, 0.2) is 48.5 Å². The Morgan fingerprint density at radius 3 is 2.48 bits per heavy atom. The zero-order valence-electron chi connectivity index (χ0n) is 16.0. The van der Waals surface area contributed by atoms with Crippen LogP contribution in [-0.2, 0) is 9.53 Å². The number of imide groups is 1. The van der Waals surface area contributed by atoms with Gasteiger partial charge in [-0.25, -0.2) is 14.5 Å². The van der Waals surface area contributed by atoms with Gasteiger partial charge in [0.15, 0.2) is 18.1 Å². The fraction of sp³-hybridized carbons (Fsp3) is 0.250. The minimum absolute atomic E-state index is 0.0512. The lowest BCUT2D eigenvalue weighted by molar-refractivity contribution is -0.126. The Labute approximate surface area is 167 Å². The Morgan fingerprint density at radius 2 is 1.86 bits per heavy atom. The van der Waals surface area contributed by atoms with Crippen LogP contribution in [0.2, 0.25) is 0 Å². The van der Waals surface area contributed by atoms with Crippen molar-refractivity contribution in [3.05, 3.63) is 54.1 Å². The lowest BCUT2D eigenvalue weighted by atomic mass is 10.1. The number of para-hydroxylation sites is 1. The summed E-state index contributed by atoms with van der Waals surface area (Å²) in [5, 5.41) is 5.50. The minimum atomic E-state index is -0.729. The van der Waals surface area contributed by atoms with Crippen molar-refractivity contribution in [3.8, 4) is 11.5 Å². The normalized spacial score (nSPS) is 14.2. The predicted octanol–water partition coefficient (Wildman–Crippen LogP) is 2.55. The van der Waals surface area contributed by atoms with Gasteiger partial charge in [0.05, 0.1) is 32.5 Å². The second kappa shape index (κ2) is 8.96. The molecule has 0 unspecified atom stereocenters. The summed E-state index contributed by atoms with van der Waals surface area (Å²) in [6.45, 7) is -0.349. The van der Waals surface area contributed by atoms with Crippen molar-refractivity contribution in [1.82, 2.24) is 10.2 Å². The number of urea groups is 1. The van der Waals surface area contributed by atoms with Crippen LogP contribution in [0.5, 0.6) is 11.5 Å². The number of hydrogen-bond acceptors (Lipinski definition) is 6. The topological polar surface area (TPSA) is 106 Å². The fourth-order valence-corrected chi connectivity index (χ4v) is 2.96. The van der Waals surface area contributed by atoms with Crippen LogP contribution in [0.4, 0.5) is 15.3 Å². The summed E-state index contributed by atoms with van der Waals surface area (Å²) in [5.74, 6) is 0.391. The van der Waals surface area contributed by atoms with Crippen molar-refractivity contribution in [2.45, 2.75) is 6.04 Å². The summed E-state index contributed by atoms with van der Waals surface area (Å²) >= 11 is 0. The maximum Gasteiger partial charge on any atom is 0.417 e. The van der Waals surface area contributed by atoms with Crippen LogP contribution in [0.1, 0.15) is 11.6 Å². The van der Waals surface area contributed by atoms with Crippen molar-refractivity contribution in [2.24, 2.45) is 0 Å². The molecule has 1 atom stereocenters. The van der Waals surface area contributed by atoms with E-state index < -0.39 is 24.1 Å². The molecule has 0 spiro atoms. The molecule has 2 aromatic carbocycles. The summed E-state index contributed by atoms with van der Waals surface area (Å²) < 4.78 is 15.3. The van der Waals surface area contributed by atoms with E-state index in [4.69, 9.17) is 14.2 Å². The number of anilines is 1. The van der Waals surface area contributed by atoms with E-state index in [9.17, 15) is 14.4 Å². The second-order valence-corrected chi connectivity index (χ2v) is 6.16. The molecule has 4 amide bonds. The molecule has 152 valence electrons. The monoisotopic (exact) mass is 399 g/mol. The Hall–Kier alpha value is -3.75. The molecule has 0 radical (unpaired) electrons. The van der Waals surface area contributed by atoms with E-state index in [-0.39, 0.29) is 13.2 Å². The number of benzene rings is 2. The van der Waals surface area contributed by atoms with Crippen LogP contribution in [0.25, 0.3) is 0 Å². The first kappa shape index (κ1) is 20.0. The maximum atomic E-state index is 12.7. The second-order valence-electron chi connectivity index (χ2n) is 6.16. The third-order valence-corrected chi connectivity index (χ3v) is 4.36. The number of carbonyl (C=O) groups excluding carboxylic acids is 3. The predicted molar refractivity (Wildman–Crippen MR) is 104 cm³/mol. The van der Waals surface area contributed by atoms with Crippen molar-refractivity contribution in [1.29, 1.82) is 0 Å². The SMILES string of the molecule is COc1cccc(NC(=O)N[C@H](CN2C(=O)COC2=O)c2ccccc2)c1OC. The summed E-state index contributed by atoms with van der Waals surface area (Å²) in [6.07, 6.45) is -0.729. The van der Waals surface area contributed by atoms with E-state index in [1.165, 1.54) is 14.2 Å². The smallest absolute Gasteiger partial charge is 0.417 e. The lowest BCUT2D eigenvalue weighted by Gasteiger charge is -2.23. The number of methoxy groups -OCH3 is 2. The van der Waals surface area contributed by atoms with E-state index in [1.807, 2.05) is 6.07 Å². The number of nitrogens with one attached hydrogen (secondary N) is 2. The Balaban J connectivity index is 1.78. The molecule has 3 rings (SSSR count). The van der Waals surface area contributed by atoms with Crippen molar-refractivity contribution in [2.75, 3.05) is 32.7 Å². The fourth-order valence-electron chi connectivity index (χ4n) is 2.96. The largest absolute Gasteiger partial charge is 0.493 e. The number of rotatable bonds is 7. The van der Waals surface area contributed by atoms with E-state index in [1.54, 1.807) is 42.5 Å². The zero-order valence-corrected chi connectivity index (χ0v) is 16.0. The quantitative estimate of drug-likeness (QED) is 0.741. The first-order valence-electron chi connectivity index (χ1n) is 8.84. The first-order valence-corrected chi connectivity index (χ1v) is 8.84. The number of amides is 4. The van der Waals surface area contributed by atoms with Gasteiger partial charge in [0, 0.05) is 0 Å². The van der Waals surface area contributed by atoms with Crippen molar-refractivity contribution in [3.63, 3.8) is 0 Å². The lowest BCUT2D eigenvalue weighted by Crippen LogP contribution is -2.41. The average molecular weight is 399 g/mol. The number of carbonyl (C=O) groups is 3. The van der Waals surface area contributed by atoms with Gasteiger partial charge in [-0.15, -0.1) is 0 Å².